The number of halogens is 1. The number of thiophene rings is 1. The molecule has 0 saturated heterocycles. The molecule has 2 aromatic heterocycles. The normalized spacial score (nSPS) is 13.8. The molecule has 0 bridgehead atoms. The van der Waals surface area contributed by atoms with Gasteiger partial charge in [0.2, 0.25) is 5.89 Å². The Morgan fingerprint density at radius 2 is 2.25 bits per heavy atom. The molecule has 0 N–H and O–H groups in total. The quantitative estimate of drug-likeness (QED) is 0.601. The van der Waals surface area contributed by atoms with E-state index < -0.39 is 0 Å². The SMILES string of the molecule is Cc1oc(-c2cccs2)nc1C(=O)N1CCCc2cc(Br)ccc21. The lowest BCUT2D eigenvalue weighted by Crippen LogP contribution is -2.36. The maximum absolute atomic E-state index is 13.0. The van der Waals surface area contributed by atoms with E-state index in [1.165, 1.54) is 5.56 Å². The largest absolute Gasteiger partial charge is 0.440 e. The van der Waals surface area contributed by atoms with Crippen molar-refractivity contribution in [2.24, 2.45) is 0 Å². The van der Waals surface area contributed by atoms with Crippen LogP contribution in [0.4, 0.5) is 5.69 Å². The summed E-state index contributed by atoms with van der Waals surface area (Å²) in [4.78, 5) is 20.3. The second-order valence-corrected chi connectivity index (χ2v) is 7.60. The first-order chi connectivity index (χ1) is 11.6. The van der Waals surface area contributed by atoms with Crippen LogP contribution in [0.1, 0.15) is 28.2 Å². The lowest BCUT2D eigenvalue weighted by atomic mass is 10.0. The van der Waals surface area contributed by atoms with Gasteiger partial charge in [0.05, 0.1) is 4.88 Å². The molecule has 1 amide bonds. The summed E-state index contributed by atoms with van der Waals surface area (Å²) < 4.78 is 6.76. The van der Waals surface area contributed by atoms with E-state index in [-0.39, 0.29) is 5.91 Å². The van der Waals surface area contributed by atoms with Crippen LogP contribution in [0.2, 0.25) is 0 Å². The van der Waals surface area contributed by atoms with Gasteiger partial charge in [-0.1, -0.05) is 22.0 Å². The van der Waals surface area contributed by atoms with Crippen LogP contribution in [-0.4, -0.2) is 17.4 Å². The van der Waals surface area contributed by atoms with Crippen LogP contribution in [0.3, 0.4) is 0 Å². The Bertz CT molecular complexity index is 902. The molecule has 4 nitrogen and oxygen atoms in total. The maximum atomic E-state index is 13.0. The molecule has 24 heavy (non-hydrogen) atoms. The number of aryl methyl sites for hydroxylation is 2. The Morgan fingerprint density at radius 1 is 1.38 bits per heavy atom. The second kappa shape index (κ2) is 6.18. The summed E-state index contributed by atoms with van der Waals surface area (Å²) in [6.45, 7) is 2.50. The molecule has 0 atom stereocenters. The topological polar surface area (TPSA) is 46.3 Å². The van der Waals surface area contributed by atoms with Gasteiger partial charge in [-0.2, -0.15) is 0 Å². The number of benzene rings is 1. The first kappa shape index (κ1) is 15.6. The molecule has 122 valence electrons. The number of hydrogen-bond donors (Lipinski definition) is 0. The number of hydrogen-bond acceptors (Lipinski definition) is 4. The van der Waals surface area contributed by atoms with Gasteiger partial charge in [-0.25, -0.2) is 4.98 Å². The van der Waals surface area contributed by atoms with Gasteiger partial charge in [-0.15, -0.1) is 11.3 Å². The van der Waals surface area contributed by atoms with Gasteiger partial charge < -0.3 is 9.32 Å². The van der Waals surface area contributed by atoms with E-state index in [1.807, 2.05) is 34.5 Å². The van der Waals surface area contributed by atoms with Crippen molar-refractivity contribution in [1.29, 1.82) is 0 Å². The molecule has 1 aliphatic rings. The number of rotatable bonds is 2. The standard InChI is InChI=1S/C18H15BrN2O2S/c1-11-16(20-17(23-11)15-5-3-9-24-15)18(22)21-8-2-4-12-10-13(19)6-7-14(12)21/h3,5-7,9-10H,2,4,8H2,1H3. The Hall–Kier alpha value is -1.92. The molecule has 0 saturated carbocycles. The zero-order valence-electron chi connectivity index (χ0n) is 13.1. The third-order valence-electron chi connectivity index (χ3n) is 4.14. The maximum Gasteiger partial charge on any atom is 0.280 e. The molecule has 4 rings (SSSR count). The van der Waals surface area contributed by atoms with Crippen molar-refractivity contribution in [2.45, 2.75) is 19.8 Å². The second-order valence-electron chi connectivity index (χ2n) is 5.73. The highest BCUT2D eigenvalue weighted by Crippen LogP contribution is 2.32. The molecule has 0 fully saturated rings. The summed E-state index contributed by atoms with van der Waals surface area (Å²) in [5.74, 6) is 0.980. The summed E-state index contributed by atoms with van der Waals surface area (Å²) in [6.07, 6.45) is 1.93. The Kier molecular flexibility index (Phi) is 4.02. The van der Waals surface area contributed by atoms with Gasteiger partial charge in [0.25, 0.3) is 5.91 Å². The molecule has 1 aliphatic heterocycles. The molecular weight excluding hydrogens is 388 g/mol. The zero-order valence-corrected chi connectivity index (χ0v) is 15.5. The smallest absolute Gasteiger partial charge is 0.280 e. The monoisotopic (exact) mass is 402 g/mol. The molecule has 6 heteroatoms. The summed E-state index contributed by atoms with van der Waals surface area (Å²) in [7, 11) is 0. The number of anilines is 1. The number of aromatic nitrogens is 1. The fourth-order valence-corrected chi connectivity index (χ4v) is 4.06. The number of oxazole rings is 1. The van der Waals surface area contributed by atoms with Crippen molar-refractivity contribution in [2.75, 3.05) is 11.4 Å². The van der Waals surface area contributed by atoms with E-state index in [0.29, 0.717) is 23.9 Å². The Morgan fingerprint density at radius 3 is 3.04 bits per heavy atom. The number of amides is 1. The van der Waals surface area contributed by atoms with Crippen molar-refractivity contribution >= 4 is 38.9 Å². The predicted molar refractivity (Wildman–Crippen MR) is 98.7 cm³/mol. The van der Waals surface area contributed by atoms with Crippen molar-refractivity contribution in [3.05, 3.63) is 57.2 Å². The van der Waals surface area contributed by atoms with E-state index in [2.05, 4.69) is 27.0 Å². The number of fused-ring (bicyclic) bond motifs is 1. The lowest BCUT2D eigenvalue weighted by molar-refractivity contribution is 0.0979. The van der Waals surface area contributed by atoms with Gasteiger partial charge in [0.1, 0.15) is 5.76 Å². The zero-order chi connectivity index (χ0) is 16.7. The molecule has 0 aliphatic carbocycles. The minimum Gasteiger partial charge on any atom is -0.440 e. The predicted octanol–water partition coefficient (Wildman–Crippen LogP) is 5.07. The van der Waals surface area contributed by atoms with Crippen LogP contribution in [0.15, 0.2) is 44.6 Å². The molecule has 1 aromatic carbocycles. The minimum absolute atomic E-state index is 0.0951. The third kappa shape index (κ3) is 2.70. The molecule has 3 aromatic rings. The fourth-order valence-electron chi connectivity index (χ4n) is 3.00. The van der Waals surface area contributed by atoms with Crippen LogP contribution in [0.25, 0.3) is 10.8 Å². The first-order valence-corrected chi connectivity index (χ1v) is 9.42. The van der Waals surface area contributed by atoms with Gasteiger partial charge in [-0.3, -0.25) is 4.79 Å². The highest BCUT2D eigenvalue weighted by atomic mass is 79.9. The third-order valence-corrected chi connectivity index (χ3v) is 5.49. The van der Waals surface area contributed by atoms with Crippen LogP contribution in [-0.2, 0) is 6.42 Å². The highest BCUT2D eigenvalue weighted by molar-refractivity contribution is 9.10. The number of nitrogens with zero attached hydrogens (tertiary/aromatic N) is 2. The Balaban J connectivity index is 1.71. The molecule has 0 spiro atoms. The average molecular weight is 403 g/mol. The van der Waals surface area contributed by atoms with Crippen LogP contribution in [0.5, 0.6) is 0 Å². The summed E-state index contributed by atoms with van der Waals surface area (Å²) in [5, 5.41) is 1.97. The van der Waals surface area contributed by atoms with Crippen LogP contribution in [0, 0.1) is 6.92 Å². The van der Waals surface area contributed by atoms with Gasteiger partial charge in [0.15, 0.2) is 5.69 Å². The van der Waals surface area contributed by atoms with Gasteiger partial charge in [-0.05, 0) is 55.0 Å². The fraction of sp³-hybridized carbons (Fsp3) is 0.222. The van der Waals surface area contributed by atoms with Crippen molar-refractivity contribution in [1.82, 2.24) is 4.98 Å². The van der Waals surface area contributed by atoms with Crippen molar-refractivity contribution in [3.63, 3.8) is 0 Å². The minimum atomic E-state index is -0.0951. The summed E-state index contributed by atoms with van der Waals surface area (Å²) in [5.41, 5.74) is 2.55. The molecular formula is C18H15BrN2O2S. The molecule has 3 heterocycles. The summed E-state index contributed by atoms with van der Waals surface area (Å²) >= 11 is 5.05. The van der Waals surface area contributed by atoms with E-state index >= 15 is 0 Å². The van der Waals surface area contributed by atoms with E-state index in [9.17, 15) is 4.79 Å². The van der Waals surface area contributed by atoms with Crippen molar-refractivity contribution < 1.29 is 9.21 Å². The molecule has 0 unspecified atom stereocenters. The van der Waals surface area contributed by atoms with E-state index in [1.54, 1.807) is 18.3 Å². The van der Waals surface area contributed by atoms with Gasteiger partial charge >= 0.3 is 0 Å². The van der Waals surface area contributed by atoms with E-state index in [0.717, 1.165) is 27.9 Å². The van der Waals surface area contributed by atoms with Crippen molar-refractivity contribution in [3.8, 4) is 10.8 Å². The van der Waals surface area contributed by atoms with E-state index in [4.69, 9.17) is 4.42 Å². The number of carbonyl (C=O) groups excluding carboxylic acids is 1. The first-order valence-electron chi connectivity index (χ1n) is 7.75. The molecule has 0 radical (unpaired) electrons. The lowest BCUT2D eigenvalue weighted by Gasteiger charge is -2.29. The average Bonchev–Trinajstić information content (AvgIpc) is 3.22. The van der Waals surface area contributed by atoms with Crippen LogP contribution >= 0.6 is 27.3 Å². The van der Waals surface area contributed by atoms with Gasteiger partial charge in [0, 0.05) is 16.7 Å². The number of carbonyl (C=O) groups is 1. The Labute approximate surface area is 152 Å². The highest BCUT2D eigenvalue weighted by Gasteiger charge is 2.28. The summed E-state index contributed by atoms with van der Waals surface area (Å²) in [6, 6.07) is 9.93. The van der Waals surface area contributed by atoms with Crippen LogP contribution < -0.4 is 4.90 Å².